The number of hydrogen-bond acceptors (Lipinski definition) is 3. The molecule has 1 atom stereocenters. The summed E-state index contributed by atoms with van der Waals surface area (Å²) in [5.41, 5.74) is 7.16. The Bertz CT molecular complexity index is 458. The summed E-state index contributed by atoms with van der Waals surface area (Å²) >= 11 is 0. The van der Waals surface area contributed by atoms with Crippen molar-refractivity contribution in [2.24, 2.45) is 5.92 Å². The van der Waals surface area contributed by atoms with Gasteiger partial charge in [-0.15, -0.1) is 0 Å². The van der Waals surface area contributed by atoms with Crippen LogP contribution in [0.5, 0.6) is 5.75 Å². The Labute approximate surface area is 127 Å². The zero-order valence-electron chi connectivity index (χ0n) is 13.1. The molecule has 3 N–H and O–H groups in total. The van der Waals surface area contributed by atoms with Gasteiger partial charge in [-0.25, -0.2) is 4.39 Å². The van der Waals surface area contributed by atoms with Gasteiger partial charge >= 0.3 is 0 Å². The molecule has 1 aromatic rings. The van der Waals surface area contributed by atoms with E-state index in [0.717, 1.165) is 12.1 Å². The Hall–Kier alpha value is -1.45. The van der Waals surface area contributed by atoms with Gasteiger partial charge in [-0.2, -0.15) is 0 Å². The number of rotatable bonds is 6. The average Bonchev–Trinajstić information content (AvgIpc) is 2.49. The highest BCUT2D eigenvalue weighted by atomic mass is 19.1. The van der Waals surface area contributed by atoms with Gasteiger partial charge < -0.3 is 15.8 Å². The molecule has 2 rings (SSSR count). The monoisotopic (exact) mass is 294 g/mol. The molecule has 0 spiro atoms. The molecule has 0 bridgehead atoms. The smallest absolute Gasteiger partial charge is 0.167 e. The molecule has 1 unspecified atom stereocenters. The summed E-state index contributed by atoms with van der Waals surface area (Å²) < 4.78 is 19.3. The Morgan fingerprint density at radius 2 is 2.05 bits per heavy atom. The predicted molar refractivity (Wildman–Crippen MR) is 86.3 cm³/mol. The SMILES string of the molecule is CCCOc1cc(NC(C)C2CCCCC2)c(N)cc1F. The zero-order chi connectivity index (χ0) is 15.2. The lowest BCUT2D eigenvalue weighted by Gasteiger charge is -2.29. The van der Waals surface area contributed by atoms with Crippen molar-refractivity contribution in [2.75, 3.05) is 17.7 Å². The van der Waals surface area contributed by atoms with Crippen molar-refractivity contribution in [3.63, 3.8) is 0 Å². The molecule has 0 saturated heterocycles. The van der Waals surface area contributed by atoms with Crippen LogP contribution in [0.3, 0.4) is 0 Å². The van der Waals surface area contributed by atoms with E-state index in [0.29, 0.717) is 24.3 Å². The number of halogens is 1. The first-order chi connectivity index (χ1) is 10.1. The fourth-order valence-electron chi connectivity index (χ4n) is 3.01. The fraction of sp³-hybridized carbons (Fsp3) is 0.647. The van der Waals surface area contributed by atoms with Crippen LogP contribution < -0.4 is 15.8 Å². The van der Waals surface area contributed by atoms with E-state index >= 15 is 0 Å². The molecule has 0 heterocycles. The fourth-order valence-corrected chi connectivity index (χ4v) is 3.01. The van der Waals surface area contributed by atoms with Crippen molar-refractivity contribution in [1.82, 2.24) is 0 Å². The summed E-state index contributed by atoms with van der Waals surface area (Å²) in [6, 6.07) is 3.39. The van der Waals surface area contributed by atoms with Crippen LogP contribution in [0.25, 0.3) is 0 Å². The van der Waals surface area contributed by atoms with Crippen LogP contribution >= 0.6 is 0 Å². The van der Waals surface area contributed by atoms with Crippen molar-refractivity contribution < 1.29 is 9.13 Å². The predicted octanol–water partition coefficient (Wildman–Crippen LogP) is 4.58. The third-order valence-corrected chi connectivity index (χ3v) is 4.31. The lowest BCUT2D eigenvalue weighted by molar-refractivity contribution is 0.301. The minimum absolute atomic E-state index is 0.282. The first-order valence-electron chi connectivity index (χ1n) is 8.10. The van der Waals surface area contributed by atoms with E-state index in [-0.39, 0.29) is 5.75 Å². The molecule has 1 aromatic carbocycles. The zero-order valence-corrected chi connectivity index (χ0v) is 13.1. The maximum Gasteiger partial charge on any atom is 0.167 e. The standard InChI is InChI=1S/C17H27FN2O/c1-3-9-21-17-11-16(15(19)10-14(17)18)20-12(2)13-7-5-4-6-8-13/h10-13,20H,3-9,19H2,1-2H3. The number of benzene rings is 1. The van der Waals surface area contributed by atoms with Crippen LogP contribution in [0.4, 0.5) is 15.8 Å². The molecule has 0 aliphatic heterocycles. The van der Waals surface area contributed by atoms with Crippen molar-refractivity contribution in [3.8, 4) is 5.75 Å². The summed E-state index contributed by atoms with van der Waals surface area (Å²) in [5, 5.41) is 3.45. The first kappa shape index (κ1) is 15.9. The highest BCUT2D eigenvalue weighted by Crippen LogP contribution is 2.32. The normalized spacial score (nSPS) is 17.5. The van der Waals surface area contributed by atoms with Gasteiger partial charge in [0.2, 0.25) is 0 Å². The summed E-state index contributed by atoms with van der Waals surface area (Å²) in [6.45, 7) is 4.70. The van der Waals surface area contributed by atoms with E-state index in [1.54, 1.807) is 6.07 Å². The maximum atomic E-state index is 13.8. The van der Waals surface area contributed by atoms with Crippen molar-refractivity contribution in [2.45, 2.75) is 58.4 Å². The molecule has 1 aliphatic rings. The average molecular weight is 294 g/mol. The van der Waals surface area contributed by atoms with Crippen molar-refractivity contribution in [3.05, 3.63) is 17.9 Å². The molecular weight excluding hydrogens is 267 g/mol. The van der Waals surface area contributed by atoms with Gasteiger partial charge in [-0.3, -0.25) is 0 Å². The maximum absolute atomic E-state index is 13.8. The van der Waals surface area contributed by atoms with Crippen LogP contribution in [-0.4, -0.2) is 12.6 Å². The summed E-state index contributed by atoms with van der Waals surface area (Å²) in [6.07, 6.45) is 7.33. The molecule has 0 aromatic heterocycles. The number of hydrogen-bond donors (Lipinski definition) is 2. The van der Waals surface area contributed by atoms with Crippen LogP contribution in [0, 0.1) is 11.7 Å². The Kier molecular flexibility index (Phi) is 5.71. The Balaban J connectivity index is 2.07. The highest BCUT2D eigenvalue weighted by Gasteiger charge is 2.21. The minimum atomic E-state index is -0.392. The quantitative estimate of drug-likeness (QED) is 0.755. The number of nitrogens with one attached hydrogen (secondary N) is 1. The molecule has 4 heteroatoms. The lowest BCUT2D eigenvalue weighted by Crippen LogP contribution is -2.28. The van der Waals surface area contributed by atoms with Gasteiger partial charge in [0, 0.05) is 18.2 Å². The molecule has 1 aliphatic carbocycles. The second-order valence-electron chi connectivity index (χ2n) is 6.05. The van der Waals surface area contributed by atoms with Gasteiger partial charge in [-0.05, 0) is 32.1 Å². The number of nitrogens with two attached hydrogens (primary N) is 1. The van der Waals surface area contributed by atoms with Crippen LogP contribution in [0.15, 0.2) is 12.1 Å². The molecule has 1 saturated carbocycles. The van der Waals surface area contributed by atoms with Gasteiger partial charge in [0.1, 0.15) is 0 Å². The topological polar surface area (TPSA) is 47.3 Å². The van der Waals surface area contributed by atoms with Crippen LogP contribution in [0.1, 0.15) is 52.4 Å². The highest BCUT2D eigenvalue weighted by molar-refractivity contribution is 5.69. The first-order valence-corrected chi connectivity index (χ1v) is 8.10. The second kappa shape index (κ2) is 7.53. The molecule has 0 amide bonds. The lowest BCUT2D eigenvalue weighted by atomic mass is 9.84. The van der Waals surface area contributed by atoms with Gasteiger partial charge in [0.05, 0.1) is 18.0 Å². The van der Waals surface area contributed by atoms with E-state index in [1.807, 2.05) is 6.92 Å². The van der Waals surface area contributed by atoms with Gasteiger partial charge in [-0.1, -0.05) is 26.2 Å². The van der Waals surface area contributed by atoms with Gasteiger partial charge in [0.15, 0.2) is 11.6 Å². The molecular formula is C17H27FN2O. The van der Waals surface area contributed by atoms with E-state index < -0.39 is 5.82 Å². The molecule has 21 heavy (non-hydrogen) atoms. The van der Waals surface area contributed by atoms with Crippen LogP contribution in [-0.2, 0) is 0 Å². The van der Waals surface area contributed by atoms with E-state index in [2.05, 4.69) is 12.2 Å². The van der Waals surface area contributed by atoms with E-state index in [4.69, 9.17) is 10.5 Å². The van der Waals surface area contributed by atoms with E-state index in [9.17, 15) is 4.39 Å². The third-order valence-electron chi connectivity index (χ3n) is 4.31. The summed E-state index contributed by atoms with van der Waals surface area (Å²) in [4.78, 5) is 0. The number of anilines is 2. The van der Waals surface area contributed by atoms with Gasteiger partial charge in [0.25, 0.3) is 0 Å². The molecule has 0 radical (unpaired) electrons. The van der Waals surface area contributed by atoms with Crippen molar-refractivity contribution in [1.29, 1.82) is 0 Å². The molecule has 1 fully saturated rings. The largest absolute Gasteiger partial charge is 0.490 e. The summed E-state index contributed by atoms with van der Waals surface area (Å²) in [5.74, 6) is 0.560. The third kappa shape index (κ3) is 4.26. The number of nitrogen functional groups attached to an aromatic ring is 1. The second-order valence-corrected chi connectivity index (χ2v) is 6.05. The van der Waals surface area contributed by atoms with Crippen molar-refractivity contribution >= 4 is 11.4 Å². The van der Waals surface area contributed by atoms with E-state index in [1.165, 1.54) is 38.2 Å². The number of ether oxygens (including phenoxy) is 1. The minimum Gasteiger partial charge on any atom is -0.490 e. The Morgan fingerprint density at radius 3 is 2.71 bits per heavy atom. The summed E-state index contributed by atoms with van der Waals surface area (Å²) in [7, 11) is 0. The van der Waals surface area contributed by atoms with Crippen LogP contribution in [0.2, 0.25) is 0 Å². The molecule has 3 nitrogen and oxygen atoms in total. The Morgan fingerprint density at radius 1 is 1.33 bits per heavy atom. The molecule has 118 valence electrons.